The fraction of sp³-hybridized carbons (Fsp3) is 0.552. The first-order valence-corrected chi connectivity index (χ1v) is 14.6. The van der Waals surface area contributed by atoms with Gasteiger partial charge in [0.15, 0.2) is 0 Å². The molecular weight excluding hydrogens is 482 g/mol. The molecule has 1 aromatic carbocycles. The summed E-state index contributed by atoms with van der Waals surface area (Å²) in [5.41, 5.74) is 2.24. The Labute approximate surface area is 223 Å². The first-order chi connectivity index (χ1) is 18.2. The number of likely N-dealkylation sites (N-methyl/N-ethyl adjacent to an activating group) is 1. The number of thiophene rings is 1. The van der Waals surface area contributed by atoms with E-state index in [4.69, 9.17) is 9.72 Å². The van der Waals surface area contributed by atoms with Gasteiger partial charge in [-0.2, -0.15) is 0 Å². The number of piperidine rings is 1. The highest BCUT2D eigenvalue weighted by Crippen LogP contribution is 2.47. The molecule has 1 amide bonds. The van der Waals surface area contributed by atoms with E-state index in [0.717, 1.165) is 64.6 Å². The number of aromatic nitrogens is 2. The minimum absolute atomic E-state index is 0.0175. The van der Waals surface area contributed by atoms with Crippen molar-refractivity contribution in [3.05, 3.63) is 41.5 Å². The van der Waals surface area contributed by atoms with Crippen LogP contribution in [0.3, 0.4) is 0 Å². The van der Waals surface area contributed by atoms with Gasteiger partial charge in [-0.1, -0.05) is 30.3 Å². The molecule has 6 rings (SSSR count). The van der Waals surface area contributed by atoms with E-state index in [1.54, 1.807) is 24.7 Å². The van der Waals surface area contributed by atoms with E-state index in [9.17, 15) is 4.79 Å². The second kappa shape index (κ2) is 11.1. The van der Waals surface area contributed by atoms with Gasteiger partial charge in [-0.25, -0.2) is 9.97 Å². The van der Waals surface area contributed by atoms with Gasteiger partial charge in [-0.05, 0) is 63.1 Å². The molecule has 7 nitrogen and oxygen atoms in total. The first-order valence-electron chi connectivity index (χ1n) is 13.8. The molecule has 8 heteroatoms. The molecule has 0 saturated carbocycles. The number of carbonyl (C=O) groups is 1. The maximum Gasteiger partial charge on any atom is 0.225 e. The molecule has 3 aliphatic heterocycles. The maximum atomic E-state index is 12.4. The third-order valence-corrected chi connectivity index (χ3v) is 9.48. The fourth-order valence-electron chi connectivity index (χ4n) is 6.65. The normalized spacial score (nSPS) is 23.7. The van der Waals surface area contributed by atoms with Crippen LogP contribution in [-0.2, 0) is 16.0 Å². The highest BCUT2D eigenvalue weighted by molar-refractivity contribution is 7.19. The number of nitrogens with one attached hydrogen (secondary N) is 1. The zero-order valence-electron chi connectivity index (χ0n) is 21.7. The molecule has 37 heavy (non-hydrogen) atoms. The monoisotopic (exact) mass is 519 g/mol. The van der Waals surface area contributed by atoms with E-state index in [1.807, 2.05) is 6.07 Å². The van der Waals surface area contributed by atoms with Crippen molar-refractivity contribution in [3.8, 4) is 11.1 Å². The minimum atomic E-state index is 0.0175. The van der Waals surface area contributed by atoms with Gasteiger partial charge in [0, 0.05) is 42.7 Å². The van der Waals surface area contributed by atoms with Gasteiger partial charge in [0.2, 0.25) is 5.91 Å². The molecule has 196 valence electrons. The lowest BCUT2D eigenvalue weighted by atomic mass is 9.91. The van der Waals surface area contributed by atoms with Crippen molar-refractivity contribution < 1.29 is 9.53 Å². The maximum absolute atomic E-state index is 12.4. The first kappa shape index (κ1) is 24.8. The Morgan fingerprint density at radius 2 is 1.86 bits per heavy atom. The molecule has 2 bridgehead atoms. The Morgan fingerprint density at radius 1 is 1.11 bits per heavy atom. The fourth-order valence-corrected chi connectivity index (χ4v) is 7.80. The molecule has 3 aliphatic rings. The summed E-state index contributed by atoms with van der Waals surface area (Å²) in [5, 5.41) is 3.89. The van der Waals surface area contributed by atoms with E-state index >= 15 is 0 Å². The number of anilines is 1. The molecular formula is C29H37N5O2S. The molecule has 2 aromatic heterocycles. The molecule has 0 radical (unpaired) electrons. The number of carbonyl (C=O) groups excluding carboxylic acids is 1. The third-order valence-electron chi connectivity index (χ3n) is 8.38. The second-order valence-electron chi connectivity index (χ2n) is 10.7. The van der Waals surface area contributed by atoms with Crippen molar-refractivity contribution in [1.82, 2.24) is 20.2 Å². The van der Waals surface area contributed by atoms with E-state index in [1.165, 1.54) is 38.8 Å². The van der Waals surface area contributed by atoms with E-state index < -0.39 is 0 Å². The average Bonchev–Trinajstić information content (AvgIpc) is 3.63. The number of amides is 1. The molecule has 1 N–H and O–H groups in total. The molecule has 2 unspecified atom stereocenters. The average molecular weight is 520 g/mol. The lowest BCUT2D eigenvalue weighted by Crippen LogP contribution is -2.44. The van der Waals surface area contributed by atoms with Crippen LogP contribution >= 0.6 is 11.3 Å². The SMILES string of the molecule is CNC(=O)Cc1sc2ncnc(N3C4CCC3CC(COCCN3CCCC3)C4)c2c1-c1ccccc1. The summed E-state index contributed by atoms with van der Waals surface area (Å²) < 4.78 is 6.18. The Bertz CT molecular complexity index is 1210. The zero-order chi connectivity index (χ0) is 25.2. The van der Waals surface area contributed by atoms with E-state index in [-0.39, 0.29) is 5.91 Å². The van der Waals surface area contributed by atoms with Gasteiger partial charge in [0.25, 0.3) is 0 Å². The number of ether oxygens (including phenoxy) is 1. The summed E-state index contributed by atoms with van der Waals surface area (Å²) in [5.74, 6) is 1.68. The third kappa shape index (κ3) is 5.11. The predicted molar refractivity (Wildman–Crippen MR) is 149 cm³/mol. The summed E-state index contributed by atoms with van der Waals surface area (Å²) in [7, 11) is 1.70. The van der Waals surface area contributed by atoms with Crippen LogP contribution in [0.4, 0.5) is 5.82 Å². The highest BCUT2D eigenvalue weighted by Gasteiger charge is 2.42. The van der Waals surface area contributed by atoms with Crippen molar-refractivity contribution >= 4 is 33.3 Å². The zero-order valence-corrected chi connectivity index (χ0v) is 22.5. The standard InChI is InChI=1S/C29H37N5O2S/c1-30-25(35)17-24-26(21-7-3-2-4-8-21)27-28(31-19-32-29(27)37-24)34-22-9-10-23(34)16-20(15-22)18-36-14-13-33-11-5-6-12-33/h2-4,7-8,19-20,22-23H,5-6,9-18H2,1H3,(H,30,35). The molecule has 5 heterocycles. The second-order valence-corrected chi connectivity index (χ2v) is 11.8. The highest BCUT2D eigenvalue weighted by atomic mass is 32.1. The van der Waals surface area contributed by atoms with Crippen LogP contribution in [0, 0.1) is 5.92 Å². The molecule has 3 aromatic rings. The molecule has 0 spiro atoms. The van der Waals surface area contributed by atoms with Gasteiger partial charge < -0.3 is 19.9 Å². The number of rotatable bonds is 9. The van der Waals surface area contributed by atoms with E-state index in [0.29, 0.717) is 24.4 Å². The van der Waals surface area contributed by atoms with Crippen LogP contribution in [-0.4, -0.2) is 72.8 Å². The van der Waals surface area contributed by atoms with Crippen molar-refractivity contribution in [3.63, 3.8) is 0 Å². The Kier molecular flexibility index (Phi) is 7.40. The summed E-state index contributed by atoms with van der Waals surface area (Å²) in [6.07, 6.45) is 9.45. The van der Waals surface area contributed by atoms with Crippen molar-refractivity contribution in [1.29, 1.82) is 0 Å². The lowest BCUT2D eigenvalue weighted by Gasteiger charge is -2.40. The molecule has 3 fully saturated rings. The molecule has 0 aliphatic carbocycles. The Balaban J connectivity index is 1.25. The van der Waals surface area contributed by atoms with Crippen molar-refractivity contribution in [2.24, 2.45) is 5.92 Å². The minimum Gasteiger partial charge on any atom is -0.380 e. The molecule has 3 saturated heterocycles. The largest absolute Gasteiger partial charge is 0.380 e. The summed E-state index contributed by atoms with van der Waals surface area (Å²) >= 11 is 1.63. The number of hydrogen-bond donors (Lipinski definition) is 1. The van der Waals surface area contributed by atoms with Crippen LogP contribution in [0.15, 0.2) is 36.7 Å². The number of hydrogen-bond acceptors (Lipinski definition) is 7. The van der Waals surface area contributed by atoms with Crippen LogP contribution in [0.1, 0.15) is 43.4 Å². The van der Waals surface area contributed by atoms with Gasteiger partial charge in [0.1, 0.15) is 17.0 Å². The van der Waals surface area contributed by atoms with Gasteiger partial charge >= 0.3 is 0 Å². The Morgan fingerprint density at radius 3 is 2.59 bits per heavy atom. The van der Waals surface area contributed by atoms with Gasteiger partial charge in [-0.3, -0.25) is 4.79 Å². The van der Waals surface area contributed by atoms with E-state index in [2.05, 4.69) is 44.4 Å². The van der Waals surface area contributed by atoms with Crippen LogP contribution in [0.2, 0.25) is 0 Å². The smallest absolute Gasteiger partial charge is 0.225 e. The number of benzene rings is 1. The quantitative estimate of drug-likeness (QED) is 0.420. The van der Waals surface area contributed by atoms with Crippen LogP contribution < -0.4 is 10.2 Å². The number of nitrogens with zero attached hydrogens (tertiary/aromatic N) is 4. The summed E-state index contributed by atoms with van der Waals surface area (Å²) in [6, 6.07) is 11.4. The summed E-state index contributed by atoms with van der Waals surface area (Å²) in [6.45, 7) is 5.27. The molecule has 2 atom stereocenters. The summed E-state index contributed by atoms with van der Waals surface area (Å²) in [4.78, 5) is 29.1. The Hall–Kier alpha value is -2.55. The number of likely N-dealkylation sites (tertiary alicyclic amines) is 1. The predicted octanol–water partition coefficient (Wildman–Crippen LogP) is 4.51. The van der Waals surface area contributed by atoms with Crippen LogP contribution in [0.5, 0.6) is 0 Å². The van der Waals surface area contributed by atoms with Crippen molar-refractivity contribution in [2.75, 3.05) is 44.8 Å². The van der Waals surface area contributed by atoms with Crippen molar-refractivity contribution in [2.45, 2.75) is 57.0 Å². The van der Waals surface area contributed by atoms with Gasteiger partial charge in [-0.15, -0.1) is 11.3 Å². The lowest BCUT2D eigenvalue weighted by molar-refractivity contribution is -0.119. The van der Waals surface area contributed by atoms with Gasteiger partial charge in [0.05, 0.1) is 18.4 Å². The number of fused-ring (bicyclic) bond motifs is 3. The topological polar surface area (TPSA) is 70.6 Å². The van der Waals surface area contributed by atoms with Crippen LogP contribution in [0.25, 0.3) is 21.3 Å².